The number of fused-ring (bicyclic) bond motifs is 1. The fraction of sp³-hybridized carbons (Fsp3) is 0.200. The molecular weight excluding hydrogens is 300 g/mol. The first kappa shape index (κ1) is 14.2. The van der Waals surface area contributed by atoms with E-state index in [1.54, 1.807) is 17.7 Å². The molecule has 0 aliphatic rings. The summed E-state index contributed by atoms with van der Waals surface area (Å²) < 4.78 is 2.57. The minimum atomic E-state index is -1.05. The van der Waals surface area contributed by atoms with E-state index in [9.17, 15) is 4.79 Å². The summed E-state index contributed by atoms with van der Waals surface area (Å²) in [6, 6.07) is 7.28. The third kappa shape index (κ3) is 2.44. The van der Waals surface area contributed by atoms with Gasteiger partial charge in [-0.1, -0.05) is 0 Å². The number of carboxylic acid groups (broad SMARTS) is 1. The molecule has 1 N–H and O–H groups in total. The Morgan fingerprint density at radius 1 is 1.41 bits per heavy atom. The molecule has 0 saturated carbocycles. The van der Waals surface area contributed by atoms with Gasteiger partial charge in [0.2, 0.25) is 0 Å². The lowest BCUT2D eigenvalue weighted by Crippen LogP contribution is -2.06. The van der Waals surface area contributed by atoms with Crippen molar-refractivity contribution in [3.63, 3.8) is 0 Å². The predicted molar refractivity (Wildman–Crippen MR) is 82.1 cm³/mol. The number of hydrogen-bond donors (Lipinski definition) is 1. The Labute approximate surface area is 130 Å². The molecule has 0 saturated heterocycles. The number of carboxylic acids is 1. The molecule has 22 heavy (non-hydrogen) atoms. The van der Waals surface area contributed by atoms with E-state index < -0.39 is 5.97 Å². The third-order valence-corrected chi connectivity index (χ3v) is 4.25. The molecule has 6 nitrogen and oxygen atoms in total. The molecule has 0 aliphatic carbocycles. The highest BCUT2D eigenvalue weighted by molar-refractivity contribution is 7.18. The summed E-state index contributed by atoms with van der Waals surface area (Å²) in [5, 5.41) is 23.2. The van der Waals surface area contributed by atoms with Crippen LogP contribution in [-0.4, -0.2) is 25.8 Å². The second-order valence-electron chi connectivity index (χ2n) is 4.96. The van der Waals surface area contributed by atoms with E-state index in [1.807, 2.05) is 13.0 Å². The molecule has 3 aromatic rings. The Balaban J connectivity index is 2.10. The van der Waals surface area contributed by atoms with Crippen LogP contribution >= 0.6 is 11.3 Å². The van der Waals surface area contributed by atoms with Crippen LogP contribution in [0.1, 0.15) is 32.3 Å². The number of rotatable bonds is 3. The molecule has 110 valence electrons. The lowest BCUT2D eigenvalue weighted by molar-refractivity contribution is 0.0689. The van der Waals surface area contributed by atoms with Gasteiger partial charge >= 0.3 is 5.97 Å². The van der Waals surface area contributed by atoms with Crippen LogP contribution in [0.2, 0.25) is 0 Å². The van der Waals surface area contributed by atoms with Crippen LogP contribution in [0.15, 0.2) is 18.2 Å². The molecule has 0 bridgehead atoms. The van der Waals surface area contributed by atoms with E-state index in [0.29, 0.717) is 12.1 Å². The number of carbonyl (C=O) groups is 1. The highest BCUT2D eigenvalue weighted by Gasteiger charge is 2.14. The highest BCUT2D eigenvalue weighted by Crippen LogP contribution is 2.27. The largest absolute Gasteiger partial charge is 0.476 e. The highest BCUT2D eigenvalue weighted by atomic mass is 32.1. The molecule has 0 atom stereocenters. The standard InChI is InChI=1S/C15H12N4O2S/c1-8-3-12(15(20)21)18-19(8)7-11-4-10(6-16)5-13-14(11)17-9(2)22-13/h3-5H,7H2,1-2H3,(H,20,21). The van der Waals surface area contributed by atoms with Crippen LogP contribution in [0.25, 0.3) is 10.2 Å². The number of benzene rings is 1. The van der Waals surface area contributed by atoms with Crippen molar-refractivity contribution in [3.8, 4) is 6.07 Å². The molecule has 2 aromatic heterocycles. The van der Waals surface area contributed by atoms with Gasteiger partial charge in [-0.3, -0.25) is 4.68 Å². The van der Waals surface area contributed by atoms with Crippen molar-refractivity contribution in [2.45, 2.75) is 20.4 Å². The van der Waals surface area contributed by atoms with Gasteiger partial charge in [-0.2, -0.15) is 10.4 Å². The van der Waals surface area contributed by atoms with Crippen LogP contribution in [0.3, 0.4) is 0 Å². The van der Waals surface area contributed by atoms with E-state index in [-0.39, 0.29) is 5.69 Å². The molecule has 3 rings (SSSR count). The SMILES string of the molecule is Cc1nc2c(Cn3nc(C(=O)O)cc3C)cc(C#N)cc2s1. The van der Waals surface area contributed by atoms with Crippen molar-refractivity contribution < 1.29 is 9.90 Å². The summed E-state index contributed by atoms with van der Waals surface area (Å²) in [4.78, 5) is 15.5. The molecule has 0 amide bonds. The summed E-state index contributed by atoms with van der Waals surface area (Å²) >= 11 is 1.53. The van der Waals surface area contributed by atoms with Crippen molar-refractivity contribution in [1.29, 1.82) is 5.26 Å². The van der Waals surface area contributed by atoms with E-state index in [2.05, 4.69) is 16.2 Å². The summed E-state index contributed by atoms with van der Waals surface area (Å²) in [6.45, 7) is 4.10. The van der Waals surface area contributed by atoms with Crippen LogP contribution in [0.4, 0.5) is 0 Å². The number of aryl methyl sites for hydroxylation is 2. The monoisotopic (exact) mass is 312 g/mol. The summed E-state index contributed by atoms with van der Waals surface area (Å²) in [6.07, 6.45) is 0. The normalized spacial score (nSPS) is 10.8. The molecule has 2 heterocycles. The minimum Gasteiger partial charge on any atom is -0.476 e. The first-order valence-electron chi connectivity index (χ1n) is 6.56. The smallest absolute Gasteiger partial charge is 0.356 e. The Morgan fingerprint density at radius 2 is 2.18 bits per heavy atom. The van der Waals surface area contributed by atoms with Crippen LogP contribution in [0, 0.1) is 25.2 Å². The van der Waals surface area contributed by atoms with Crippen molar-refractivity contribution in [3.05, 3.63) is 45.7 Å². The first-order chi connectivity index (χ1) is 10.5. The fourth-order valence-electron chi connectivity index (χ4n) is 2.33. The minimum absolute atomic E-state index is 0.0136. The van der Waals surface area contributed by atoms with E-state index in [4.69, 9.17) is 10.4 Å². The van der Waals surface area contributed by atoms with Gasteiger partial charge in [-0.15, -0.1) is 11.3 Å². The van der Waals surface area contributed by atoms with Crippen LogP contribution < -0.4 is 0 Å². The van der Waals surface area contributed by atoms with Gasteiger partial charge in [0, 0.05) is 11.3 Å². The maximum atomic E-state index is 11.0. The average molecular weight is 312 g/mol. The molecule has 0 fully saturated rings. The van der Waals surface area contributed by atoms with Gasteiger partial charge < -0.3 is 5.11 Å². The molecule has 0 spiro atoms. The van der Waals surface area contributed by atoms with Crippen molar-refractivity contribution >= 4 is 27.5 Å². The zero-order valence-electron chi connectivity index (χ0n) is 12.0. The fourth-order valence-corrected chi connectivity index (χ4v) is 3.25. The van der Waals surface area contributed by atoms with E-state index in [0.717, 1.165) is 26.5 Å². The Kier molecular flexibility index (Phi) is 3.39. The van der Waals surface area contributed by atoms with E-state index in [1.165, 1.54) is 17.4 Å². The Bertz CT molecular complexity index is 933. The van der Waals surface area contributed by atoms with Gasteiger partial charge in [0.15, 0.2) is 5.69 Å². The number of nitriles is 1. The quantitative estimate of drug-likeness (QED) is 0.802. The topological polar surface area (TPSA) is 91.8 Å². The van der Waals surface area contributed by atoms with Gasteiger partial charge in [-0.05, 0) is 32.0 Å². The number of hydrogen-bond acceptors (Lipinski definition) is 5. The maximum absolute atomic E-state index is 11.0. The summed E-state index contributed by atoms with van der Waals surface area (Å²) in [5.41, 5.74) is 3.03. The molecule has 0 aliphatic heterocycles. The molecule has 0 radical (unpaired) electrons. The summed E-state index contributed by atoms with van der Waals surface area (Å²) in [5.74, 6) is -1.05. The number of aromatic carboxylic acids is 1. The second kappa shape index (κ2) is 5.24. The van der Waals surface area contributed by atoms with Crippen molar-refractivity contribution in [1.82, 2.24) is 14.8 Å². The lowest BCUT2D eigenvalue weighted by atomic mass is 10.1. The Hall–Kier alpha value is -2.72. The molecule has 1 aromatic carbocycles. The number of thiazole rings is 1. The first-order valence-corrected chi connectivity index (χ1v) is 7.37. The van der Waals surface area contributed by atoms with Gasteiger partial charge in [0.25, 0.3) is 0 Å². The van der Waals surface area contributed by atoms with Crippen molar-refractivity contribution in [2.75, 3.05) is 0 Å². The van der Waals surface area contributed by atoms with Crippen molar-refractivity contribution in [2.24, 2.45) is 0 Å². The zero-order chi connectivity index (χ0) is 15.9. The summed E-state index contributed by atoms with van der Waals surface area (Å²) in [7, 11) is 0. The zero-order valence-corrected chi connectivity index (χ0v) is 12.8. The third-order valence-electron chi connectivity index (χ3n) is 3.33. The van der Waals surface area contributed by atoms with E-state index >= 15 is 0 Å². The van der Waals surface area contributed by atoms with Crippen LogP contribution in [-0.2, 0) is 6.54 Å². The molecule has 0 unspecified atom stereocenters. The molecular formula is C15H12N4O2S. The average Bonchev–Trinajstić information content (AvgIpc) is 3.01. The second-order valence-corrected chi connectivity index (χ2v) is 6.20. The number of aromatic nitrogens is 3. The maximum Gasteiger partial charge on any atom is 0.356 e. The van der Waals surface area contributed by atoms with Crippen LogP contribution in [0.5, 0.6) is 0 Å². The van der Waals surface area contributed by atoms with Gasteiger partial charge in [0.05, 0.1) is 33.4 Å². The molecule has 7 heteroatoms. The van der Waals surface area contributed by atoms with Gasteiger partial charge in [0.1, 0.15) is 0 Å². The van der Waals surface area contributed by atoms with Gasteiger partial charge in [-0.25, -0.2) is 9.78 Å². The Morgan fingerprint density at radius 3 is 2.82 bits per heavy atom. The lowest BCUT2D eigenvalue weighted by Gasteiger charge is -2.06. The predicted octanol–water partition coefficient (Wildman–Crippen LogP) is 2.73. The number of nitrogens with zero attached hydrogens (tertiary/aromatic N) is 4.